The molecule has 0 spiro atoms. The molecule has 1 aromatic carbocycles. The van der Waals surface area contributed by atoms with Gasteiger partial charge in [-0.15, -0.1) is 0 Å². The highest BCUT2D eigenvalue weighted by atomic mass is 16.1. The summed E-state index contributed by atoms with van der Waals surface area (Å²) in [5, 5.41) is 0. The first-order valence-corrected chi connectivity index (χ1v) is 5.29. The average molecular weight is 214 g/mol. The zero-order valence-electron chi connectivity index (χ0n) is 9.16. The Bertz CT molecular complexity index is 541. The van der Waals surface area contributed by atoms with Crippen LogP contribution in [0.4, 0.5) is 5.69 Å². The van der Waals surface area contributed by atoms with Crippen LogP contribution in [0, 0.1) is 0 Å². The van der Waals surface area contributed by atoms with Crippen LogP contribution in [0.25, 0.3) is 11.3 Å². The minimum atomic E-state index is -0.239. The van der Waals surface area contributed by atoms with Crippen molar-refractivity contribution in [3.05, 3.63) is 52.3 Å². The van der Waals surface area contributed by atoms with E-state index in [9.17, 15) is 4.79 Å². The predicted octanol–water partition coefficient (Wildman–Crippen LogP) is 2.19. The first-order chi connectivity index (χ1) is 7.70. The summed E-state index contributed by atoms with van der Waals surface area (Å²) in [7, 11) is 0. The predicted molar refractivity (Wildman–Crippen MR) is 66.3 cm³/mol. The molecule has 0 aliphatic carbocycles. The first kappa shape index (κ1) is 10.5. The molecule has 0 bridgehead atoms. The molecule has 0 atom stereocenters. The number of nitrogens with one attached hydrogen (secondary N) is 1. The molecule has 1 heterocycles. The van der Waals surface area contributed by atoms with Crippen LogP contribution in [-0.4, -0.2) is 4.98 Å². The number of hydrogen-bond acceptors (Lipinski definition) is 2. The maximum absolute atomic E-state index is 11.4. The molecule has 0 saturated carbocycles. The van der Waals surface area contributed by atoms with Gasteiger partial charge in [-0.3, -0.25) is 4.79 Å². The summed E-state index contributed by atoms with van der Waals surface area (Å²) in [5.41, 5.74) is 8.54. The van der Waals surface area contributed by atoms with Crippen molar-refractivity contribution >= 4 is 5.69 Å². The normalized spacial score (nSPS) is 10.3. The highest BCUT2D eigenvalue weighted by molar-refractivity contribution is 5.60. The zero-order chi connectivity index (χ0) is 11.5. The number of nitrogen functional groups attached to an aromatic ring is 1. The van der Waals surface area contributed by atoms with E-state index in [2.05, 4.69) is 24.0 Å². The minimum Gasteiger partial charge on any atom is -0.394 e. The van der Waals surface area contributed by atoms with E-state index in [1.165, 1.54) is 5.56 Å². The lowest BCUT2D eigenvalue weighted by molar-refractivity contribution is 1.14. The number of aryl methyl sites for hydroxylation is 1. The van der Waals surface area contributed by atoms with Crippen molar-refractivity contribution in [3.8, 4) is 11.3 Å². The summed E-state index contributed by atoms with van der Waals surface area (Å²) in [6, 6.07) is 11.6. The summed E-state index contributed by atoms with van der Waals surface area (Å²) >= 11 is 0. The molecule has 0 radical (unpaired) electrons. The summed E-state index contributed by atoms with van der Waals surface area (Å²) in [6.45, 7) is 2.11. The maximum Gasteiger partial charge on any atom is 0.271 e. The summed E-state index contributed by atoms with van der Waals surface area (Å²) in [6.07, 6.45) is 1.01. The molecule has 2 rings (SSSR count). The van der Waals surface area contributed by atoms with Gasteiger partial charge in [0.25, 0.3) is 5.56 Å². The average Bonchev–Trinajstić information content (AvgIpc) is 2.33. The fourth-order valence-electron chi connectivity index (χ4n) is 1.57. The Morgan fingerprint density at radius 2 is 1.81 bits per heavy atom. The minimum absolute atomic E-state index is 0.239. The number of aromatic nitrogens is 1. The standard InChI is InChI=1S/C13H14N2O/c1-2-9-3-5-10(6-4-9)12-8-7-11(14)13(16)15-12/h3-8H,2,14H2,1H3,(H,15,16). The second kappa shape index (κ2) is 4.23. The van der Waals surface area contributed by atoms with Crippen LogP contribution in [-0.2, 0) is 6.42 Å². The van der Waals surface area contributed by atoms with Crippen molar-refractivity contribution in [2.24, 2.45) is 0 Å². The number of rotatable bonds is 2. The molecule has 0 fully saturated rings. The van der Waals surface area contributed by atoms with Crippen molar-refractivity contribution in [1.82, 2.24) is 4.98 Å². The summed E-state index contributed by atoms with van der Waals surface area (Å²) in [5.74, 6) is 0. The van der Waals surface area contributed by atoms with Crippen molar-refractivity contribution in [1.29, 1.82) is 0 Å². The van der Waals surface area contributed by atoms with E-state index in [1.54, 1.807) is 6.07 Å². The van der Waals surface area contributed by atoms with Gasteiger partial charge in [-0.25, -0.2) is 0 Å². The third kappa shape index (κ3) is 1.98. The number of aromatic amines is 1. The van der Waals surface area contributed by atoms with Crippen LogP contribution >= 0.6 is 0 Å². The lowest BCUT2D eigenvalue weighted by atomic mass is 10.1. The summed E-state index contributed by atoms with van der Waals surface area (Å²) in [4.78, 5) is 14.1. The summed E-state index contributed by atoms with van der Waals surface area (Å²) < 4.78 is 0. The monoisotopic (exact) mass is 214 g/mol. The van der Waals surface area contributed by atoms with Crippen LogP contribution in [0.5, 0.6) is 0 Å². The molecular formula is C13H14N2O. The van der Waals surface area contributed by atoms with E-state index in [0.717, 1.165) is 17.7 Å². The Morgan fingerprint density at radius 1 is 1.12 bits per heavy atom. The van der Waals surface area contributed by atoms with Crippen LogP contribution in [0.2, 0.25) is 0 Å². The van der Waals surface area contributed by atoms with Crippen molar-refractivity contribution in [2.45, 2.75) is 13.3 Å². The van der Waals surface area contributed by atoms with Crippen LogP contribution in [0.1, 0.15) is 12.5 Å². The third-order valence-electron chi connectivity index (χ3n) is 2.61. The highest BCUT2D eigenvalue weighted by Crippen LogP contribution is 2.16. The van der Waals surface area contributed by atoms with E-state index >= 15 is 0 Å². The van der Waals surface area contributed by atoms with E-state index in [1.807, 2.05) is 18.2 Å². The second-order valence-electron chi connectivity index (χ2n) is 3.71. The van der Waals surface area contributed by atoms with E-state index in [4.69, 9.17) is 5.73 Å². The van der Waals surface area contributed by atoms with Crippen molar-refractivity contribution in [2.75, 3.05) is 5.73 Å². The number of H-pyrrole nitrogens is 1. The van der Waals surface area contributed by atoms with Gasteiger partial charge in [0, 0.05) is 5.69 Å². The maximum atomic E-state index is 11.4. The topological polar surface area (TPSA) is 58.9 Å². The van der Waals surface area contributed by atoms with Crippen molar-refractivity contribution in [3.63, 3.8) is 0 Å². The van der Waals surface area contributed by atoms with Gasteiger partial charge < -0.3 is 10.7 Å². The molecule has 3 heteroatoms. The lowest BCUT2D eigenvalue weighted by Gasteiger charge is -2.03. The molecule has 2 aromatic rings. The van der Waals surface area contributed by atoms with Gasteiger partial charge >= 0.3 is 0 Å². The Morgan fingerprint density at radius 3 is 2.38 bits per heavy atom. The lowest BCUT2D eigenvalue weighted by Crippen LogP contribution is -2.11. The first-order valence-electron chi connectivity index (χ1n) is 5.29. The van der Waals surface area contributed by atoms with Gasteiger partial charge in [0.2, 0.25) is 0 Å². The quantitative estimate of drug-likeness (QED) is 0.805. The molecule has 82 valence electrons. The second-order valence-corrected chi connectivity index (χ2v) is 3.71. The van der Waals surface area contributed by atoms with E-state index in [0.29, 0.717) is 0 Å². The van der Waals surface area contributed by atoms with E-state index in [-0.39, 0.29) is 11.2 Å². The van der Waals surface area contributed by atoms with Gasteiger partial charge in [-0.2, -0.15) is 0 Å². The molecule has 0 aliphatic rings. The van der Waals surface area contributed by atoms with Gasteiger partial charge in [0.15, 0.2) is 0 Å². The molecule has 0 amide bonds. The van der Waals surface area contributed by atoms with Gasteiger partial charge in [0.1, 0.15) is 0 Å². The Kier molecular flexibility index (Phi) is 2.77. The number of hydrogen-bond donors (Lipinski definition) is 2. The molecule has 3 N–H and O–H groups in total. The van der Waals surface area contributed by atoms with Gasteiger partial charge in [0.05, 0.1) is 5.69 Å². The zero-order valence-corrected chi connectivity index (χ0v) is 9.16. The van der Waals surface area contributed by atoms with Crippen LogP contribution in [0.3, 0.4) is 0 Å². The van der Waals surface area contributed by atoms with Gasteiger partial charge in [-0.1, -0.05) is 31.2 Å². The van der Waals surface area contributed by atoms with Crippen LogP contribution < -0.4 is 11.3 Å². The molecule has 1 aromatic heterocycles. The molecule has 16 heavy (non-hydrogen) atoms. The Hall–Kier alpha value is -2.03. The van der Waals surface area contributed by atoms with Crippen molar-refractivity contribution < 1.29 is 0 Å². The molecule has 0 unspecified atom stereocenters. The Labute approximate surface area is 93.9 Å². The van der Waals surface area contributed by atoms with E-state index < -0.39 is 0 Å². The fourth-order valence-corrected chi connectivity index (χ4v) is 1.57. The number of nitrogens with two attached hydrogens (primary N) is 1. The van der Waals surface area contributed by atoms with Gasteiger partial charge in [-0.05, 0) is 29.7 Å². The highest BCUT2D eigenvalue weighted by Gasteiger charge is 2.00. The molecular weight excluding hydrogens is 200 g/mol. The number of pyridine rings is 1. The molecule has 3 nitrogen and oxygen atoms in total. The Balaban J connectivity index is 2.42. The smallest absolute Gasteiger partial charge is 0.271 e. The third-order valence-corrected chi connectivity index (χ3v) is 2.61. The number of benzene rings is 1. The number of anilines is 1. The molecule has 0 aliphatic heterocycles. The SMILES string of the molecule is CCc1ccc(-c2ccc(N)c(=O)[nH]2)cc1. The largest absolute Gasteiger partial charge is 0.394 e. The molecule has 0 saturated heterocycles. The fraction of sp³-hybridized carbons (Fsp3) is 0.154. The van der Waals surface area contributed by atoms with Crippen LogP contribution in [0.15, 0.2) is 41.2 Å².